The van der Waals surface area contributed by atoms with Gasteiger partial charge in [0.05, 0.1) is 12.4 Å². The van der Waals surface area contributed by atoms with Crippen molar-refractivity contribution < 1.29 is 9.53 Å². The zero-order valence-corrected chi connectivity index (χ0v) is 13.5. The molecule has 1 aliphatic heterocycles. The van der Waals surface area contributed by atoms with E-state index in [1.54, 1.807) is 6.20 Å². The van der Waals surface area contributed by atoms with E-state index in [0.717, 1.165) is 38.5 Å². The summed E-state index contributed by atoms with van der Waals surface area (Å²) in [4.78, 5) is 24.0. The summed E-state index contributed by atoms with van der Waals surface area (Å²) < 4.78 is 5.73. The maximum atomic E-state index is 11.2. The summed E-state index contributed by atoms with van der Waals surface area (Å²) in [6.07, 6.45) is 3.06. The van der Waals surface area contributed by atoms with Gasteiger partial charge >= 0.3 is 0 Å². The lowest BCUT2D eigenvalue weighted by atomic mass is 10.3. The van der Waals surface area contributed by atoms with Gasteiger partial charge in [-0.15, -0.1) is 0 Å². The Morgan fingerprint density at radius 3 is 2.58 bits per heavy atom. The number of hydrogen-bond acceptors (Lipinski definition) is 6. The largest absolute Gasteiger partial charge is 0.492 e. The fraction of sp³-hybridized carbons (Fsp3) is 0.353. The Balaban J connectivity index is 1.45. The molecule has 1 saturated heterocycles. The maximum Gasteiger partial charge on any atom is 0.268 e. The molecule has 0 bridgehead atoms. The van der Waals surface area contributed by atoms with Crippen LogP contribution in [0.5, 0.6) is 5.75 Å². The van der Waals surface area contributed by atoms with Crippen molar-refractivity contribution in [3.8, 4) is 5.75 Å². The van der Waals surface area contributed by atoms with Gasteiger partial charge < -0.3 is 15.4 Å². The monoisotopic (exact) mass is 327 g/mol. The summed E-state index contributed by atoms with van der Waals surface area (Å²) in [6.45, 7) is 5.06. The topological polar surface area (TPSA) is 84.6 Å². The second kappa shape index (κ2) is 7.74. The lowest BCUT2D eigenvalue weighted by molar-refractivity contribution is 0.0995. The van der Waals surface area contributed by atoms with E-state index < -0.39 is 5.91 Å². The minimum atomic E-state index is -0.555. The standard InChI is InChI=1S/C17H21N5O2/c18-17(23)15-12-19-13-16(20-15)22-8-6-21(7-9-22)10-11-24-14-4-2-1-3-5-14/h1-5,12-13H,6-11H2,(H2,18,23). The van der Waals surface area contributed by atoms with Gasteiger partial charge in [0.25, 0.3) is 5.91 Å². The molecule has 1 amide bonds. The van der Waals surface area contributed by atoms with Crippen LogP contribution in [-0.4, -0.2) is 60.1 Å². The molecule has 1 aromatic carbocycles. The zero-order valence-electron chi connectivity index (χ0n) is 13.5. The van der Waals surface area contributed by atoms with Crippen LogP contribution in [0.2, 0.25) is 0 Å². The van der Waals surface area contributed by atoms with Crippen LogP contribution < -0.4 is 15.4 Å². The number of ether oxygens (including phenoxy) is 1. The van der Waals surface area contributed by atoms with Crippen LogP contribution in [0.4, 0.5) is 5.82 Å². The van der Waals surface area contributed by atoms with Crippen LogP contribution >= 0.6 is 0 Å². The van der Waals surface area contributed by atoms with Gasteiger partial charge in [-0.2, -0.15) is 0 Å². The highest BCUT2D eigenvalue weighted by molar-refractivity contribution is 5.90. The average Bonchev–Trinajstić information content (AvgIpc) is 2.63. The van der Waals surface area contributed by atoms with Crippen molar-refractivity contribution in [2.24, 2.45) is 5.73 Å². The number of piperazine rings is 1. The molecule has 0 radical (unpaired) electrons. The van der Waals surface area contributed by atoms with Crippen LogP contribution in [-0.2, 0) is 0 Å². The van der Waals surface area contributed by atoms with E-state index in [0.29, 0.717) is 12.4 Å². The average molecular weight is 327 g/mol. The first-order valence-corrected chi connectivity index (χ1v) is 7.99. The van der Waals surface area contributed by atoms with Gasteiger partial charge in [0.1, 0.15) is 23.9 Å². The minimum absolute atomic E-state index is 0.200. The van der Waals surface area contributed by atoms with E-state index >= 15 is 0 Å². The number of carbonyl (C=O) groups is 1. The van der Waals surface area contributed by atoms with Gasteiger partial charge in [0.15, 0.2) is 0 Å². The van der Waals surface area contributed by atoms with Crippen LogP contribution in [0.15, 0.2) is 42.7 Å². The van der Waals surface area contributed by atoms with Crippen LogP contribution in [0, 0.1) is 0 Å². The molecule has 126 valence electrons. The van der Waals surface area contributed by atoms with Gasteiger partial charge in [-0.3, -0.25) is 14.7 Å². The molecule has 24 heavy (non-hydrogen) atoms. The highest BCUT2D eigenvalue weighted by atomic mass is 16.5. The molecule has 2 N–H and O–H groups in total. The Morgan fingerprint density at radius 2 is 1.88 bits per heavy atom. The predicted octanol–water partition coefficient (Wildman–Crippen LogP) is 0.776. The van der Waals surface area contributed by atoms with E-state index in [4.69, 9.17) is 10.5 Å². The smallest absolute Gasteiger partial charge is 0.268 e. The Morgan fingerprint density at radius 1 is 1.12 bits per heavy atom. The fourth-order valence-electron chi connectivity index (χ4n) is 2.64. The van der Waals surface area contributed by atoms with Gasteiger partial charge in [-0.1, -0.05) is 18.2 Å². The number of hydrogen-bond donors (Lipinski definition) is 1. The second-order valence-electron chi connectivity index (χ2n) is 5.62. The lowest BCUT2D eigenvalue weighted by Crippen LogP contribution is -2.47. The summed E-state index contributed by atoms with van der Waals surface area (Å²) in [5.41, 5.74) is 5.46. The zero-order chi connectivity index (χ0) is 16.8. The summed E-state index contributed by atoms with van der Waals surface area (Å²) in [7, 11) is 0. The maximum absolute atomic E-state index is 11.2. The predicted molar refractivity (Wildman–Crippen MR) is 91.1 cm³/mol. The van der Waals surface area contributed by atoms with Crippen molar-refractivity contribution in [1.29, 1.82) is 0 Å². The molecule has 3 rings (SSSR count). The highest BCUT2D eigenvalue weighted by Crippen LogP contribution is 2.13. The number of para-hydroxylation sites is 1. The van der Waals surface area contributed by atoms with Crippen molar-refractivity contribution in [3.63, 3.8) is 0 Å². The SMILES string of the molecule is NC(=O)c1cncc(N2CCN(CCOc3ccccc3)CC2)n1. The van der Waals surface area contributed by atoms with E-state index in [2.05, 4.69) is 19.8 Å². The van der Waals surface area contributed by atoms with Crippen molar-refractivity contribution in [2.75, 3.05) is 44.2 Å². The molecular weight excluding hydrogens is 306 g/mol. The number of carbonyl (C=O) groups excluding carboxylic acids is 1. The summed E-state index contributed by atoms with van der Waals surface area (Å²) in [5.74, 6) is 1.04. The summed E-state index contributed by atoms with van der Waals surface area (Å²) in [5, 5.41) is 0. The Labute approximate surface area is 141 Å². The fourth-order valence-corrected chi connectivity index (χ4v) is 2.64. The van der Waals surface area contributed by atoms with E-state index in [9.17, 15) is 4.79 Å². The van der Waals surface area contributed by atoms with Crippen LogP contribution in [0.3, 0.4) is 0 Å². The molecule has 1 aromatic heterocycles. The van der Waals surface area contributed by atoms with Crippen LogP contribution in [0.1, 0.15) is 10.5 Å². The number of nitrogens with zero attached hydrogens (tertiary/aromatic N) is 4. The molecule has 7 nitrogen and oxygen atoms in total. The third-order valence-electron chi connectivity index (χ3n) is 3.99. The summed E-state index contributed by atoms with van der Waals surface area (Å²) in [6, 6.07) is 9.83. The number of benzene rings is 1. The van der Waals surface area contributed by atoms with E-state index in [-0.39, 0.29) is 5.69 Å². The molecule has 0 spiro atoms. The van der Waals surface area contributed by atoms with E-state index in [1.807, 2.05) is 30.3 Å². The van der Waals surface area contributed by atoms with Crippen molar-refractivity contribution in [1.82, 2.24) is 14.9 Å². The molecule has 2 heterocycles. The Kier molecular flexibility index (Phi) is 5.22. The van der Waals surface area contributed by atoms with Crippen LogP contribution in [0.25, 0.3) is 0 Å². The molecule has 0 aliphatic carbocycles. The molecular formula is C17H21N5O2. The number of amides is 1. The summed E-state index contributed by atoms with van der Waals surface area (Å²) >= 11 is 0. The molecule has 0 atom stereocenters. The Bertz CT molecular complexity index is 672. The minimum Gasteiger partial charge on any atom is -0.492 e. The van der Waals surface area contributed by atoms with Gasteiger partial charge in [0, 0.05) is 32.7 Å². The highest BCUT2D eigenvalue weighted by Gasteiger charge is 2.19. The molecule has 0 saturated carbocycles. The van der Waals surface area contributed by atoms with Crippen molar-refractivity contribution in [3.05, 3.63) is 48.4 Å². The number of rotatable bonds is 6. The first kappa shape index (κ1) is 16.2. The third-order valence-corrected chi connectivity index (χ3v) is 3.99. The number of primary amides is 1. The lowest BCUT2D eigenvalue weighted by Gasteiger charge is -2.35. The molecule has 1 fully saturated rings. The number of aromatic nitrogens is 2. The number of nitrogens with two attached hydrogens (primary N) is 1. The third kappa shape index (κ3) is 4.20. The van der Waals surface area contributed by atoms with Crippen molar-refractivity contribution in [2.45, 2.75) is 0 Å². The Hall–Kier alpha value is -2.67. The van der Waals surface area contributed by atoms with Crippen molar-refractivity contribution >= 4 is 11.7 Å². The number of anilines is 1. The van der Waals surface area contributed by atoms with Gasteiger partial charge in [0.2, 0.25) is 0 Å². The first-order valence-electron chi connectivity index (χ1n) is 7.99. The van der Waals surface area contributed by atoms with Gasteiger partial charge in [-0.05, 0) is 12.1 Å². The van der Waals surface area contributed by atoms with E-state index in [1.165, 1.54) is 6.20 Å². The second-order valence-corrected chi connectivity index (χ2v) is 5.62. The molecule has 2 aromatic rings. The first-order chi connectivity index (χ1) is 11.7. The molecule has 0 unspecified atom stereocenters. The molecule has 7 heteroatoms. The normalized spacial score (nSPS) is 15.2. The quantitative estimate of drug-likeness (QED) is 0.844. The van der Waals surface area contributed by atoms with Gasteiger partial charge in [-0.25, -0.2) is 4.98 Å². The molecule has 1 aliphatic rings.